The lowest BCUT2D eigenvalue weighted by Gasteiger charge is -1.87. The summed E-state index contributed by atoms with van der Waals surface area (Å²) in [5.41, 5.74) is 0. The summed E-state index contributed by atoms with van der Waals surface area (Å²) < 4.78 is 31.1. The van der Waals surface area contributed by atoms with Crippen LogP contribution >= 0.6 is 0 Å². The van der Waals surface area contributed by atoms with Gasteiger partial charge in [0.05, 0.1) is 6.92 Å². The van der Waals surface area contributed by atoms with Crippen molar-refractivity contribution in [2.45, 2.75) is 6.92 Å². The molecule has 0 amide bonds. The van der Waals surface area contributed by atoms with Gasteiger partial charge in [0.15, 0.2) is 0 Å². The second-order valence-electron chi connectivity index (χ2n) is 1.12. The molecular weight excluding hydrogens is 132 g/mol. The summed E-state index contributed by atoms with van der Waals surface area (Å²) in [6.45, 7) is 1.53. The molecule has 5 heteroatoms. The normalized spacial score (nSPS) is 11.2. The molecule has 0 rings (SSSR count). The Morgan fingerprint density at radius 1 is 1.75 bits per heavy atom. The zero-order valence-corrected chi connectivity index (χ0v) is 5.18. The molecule has 0 saturated carbocycles. The van der Waals surface area contributed by atoms with Gasteiger partial charge in [-0.25, -0.2) is 4.18 Å². The summed E-state index contributed by atoms with van der Waals surface area (Å²) in [6, 6.07) is 0. The molecular formula is C3H7O4S+. The van der Waals surface area contributed by atoms with Crippen LogP contribution in [0.5, 0.6) is 0 Å². The highest BCUT2D eigenvalue weighted by atomic mass is 32.3. The van der Waals surface area contributed by atoms with Crippen LogP contribution in [0.1, 0.15) is 6.92 Å². The van der Waals surface area contributed by atoms with Gasteiger partial charge in [-0.1, -0.05) is 0 Å². The Kier molecular flexibility index (Phi) is 2.81. The Morgan fingerprint density at radius 2 is 2.25 bits per heavy atom. The van der Waals surface area contributed by atoms with Gasteiger partial charge in [-0.3, -0.25) is 4.55 Å². The lowest BCUT2D eigenvalue weighted by atomic mass is 10.5. The third-order valence-corrected chi connectivity index (χ3v) is 0.818. The van der Waals surface area contributed by atoms with Gasteiger partial charge in [-0.2, -0.15) is 8.42 Å². The molecule has 0 spiro atoms. The molecule has 0 aromatic rings. The first-order chi connectivity index (χ1) is 3.56. The molecule has 0 aromatic heterocycles. The van der Waals surface area contributed by atoms with Crippen molar-refractivity contribution in [3.8, 4) is 0 Å². The van der Waals surface area contributed by atoms with E-state index < -0.39 is 10.4 Å². The Hall–Kier alpha value is -0.260. The van der Waals surface area contributed by atoms with Crippen LogP contribution in [0.4, 0.5) is 0 Å². The van der Waals surface area contributed by atoms with Gasteiger partial charge in [0.25, 0.3) is 0 Å². The summed E-state index contributed by atoms with van der Waals surface area (Å²) in [5, 5.41) is 0. The van der Waals surface area contributed by atoms with E-state index in [0.717, 1.165) is 0 Å². The molecule has 0 aliphatic rings. The fraction of sp³-hybridized carbons (Fsp3) is 0.667. The van der Waals surface area contributed by atoms with E-state index in [2.05, 4.69) is 4.18 Å². The van der Waals surface area contributed by atoms with Crippen molar-refractivity contribution in [2.24, 2.45) is 0 Å². The predicted molar refractivity (Wildman–Crippen MR) is 27.5 cm³/mol. The quantitative estimate of drug-likeness (QED) is 0.442. The van der Waals surface area contributed by atoms with Crippen molar-refractivity contribution >= 4 is 10.4 Å². The van der Waals surface area contributed by atoms with E-state index in [1.165, 1.54) is 6.42 Å². The largest absolute Gasteiger partial charge is 0.401 e. The molecule has 48 valence electrons. The second kappa shape index (κ2) is 2.91. The van der Waals surface area contributed by atoms with Crippen LogP contribution in [0.25, 0.3) is 0 Å². The fourth-order valence-electron chi connectivity index (χ4n) is 0.154. The smallest absolute Gasteiger partial charge is 0.263 e. The first kappa shape index (κ1) is 7.74. The second-order valence-corrected chi connectivity index (χ2v) is 2.21. The van der Waals surface area contributed by atoms with Crippen LogP contribution in [0.15, 0.2) is 0 Å². The molecule has 0 fully saturated rings. The van der Waals surface area contributed by atoms with E-state index in [4.69, 9.17) is 4.55 Å². The van der Waals surface area contributed by atoms with Crippen molar-refractivity contribution in [1.82, 2.24) is 0 Å². The minimum Gasteiger partial charge on any atom is -0.263 e. The van der Waals surface area contributed by atoms with Gasteiger partial charge in [0.2, 0.25) is 6.61 Å². The molecule has 0 bridgehead atoms. The van der Waals surface area contributed by atoms with Crippen LogP contribution in [0, 0.1) is 6.42 Å². The average Bonchev–Trinajstić information content (AvgIpc) is 1.59. The van der Waals surface area contributed by atoms with E-state index in [1.54, 1.807) is 6.92 Å². The van der Waals surface area contributed by atoms with Crippen LogP contribution in [-0.4, -0.2) is 19.6 Å². The number of hydrogen-bond acceptors (Lipinski definition) is 3. The first-order valence-corrected chi connectivity index (χ1v) is 3.32. The van der Waals surface area contributed by atoms with Gasteiger partial charge in [0, 0.05) is 0 Å². The molecule has 1 N–H and O–H groups in total. The molecule has 8 heavy (non-hydrogen) atoms. The van der Waals surface area contributed by atoms with Crippen molar-refractivity contribution in [2.75, 3.05) is 6.61 Å². The number of rotatable bonds is 3. The van der Waals surface area contributed by atoms with Crippen molar-refractivity contribution < 1.29 is 17.2 Å². The highest BCUT2D eigenvalue weighted by Gasteiger charge is 2.04. The van der Waals surface area contributed by atoms with Crippen molar-refractivity contribution in [3.05, 3.63) is 6.42 Å². The first-order valence-electron chi connectivity index (χ1n) is 1.96. The third kappa shape index (κ3) is 5.74. The standard InChI is InChI=1S/C3H6O4S/c1-2-3-7-8(4,5)6/h2H,3H2,1H3/p+1. The Labute approximate surface area is 48.4 Å². The maximum Gasteiger partial charge on any atom is 0.401 e. The molecule has 4 nitrogen and oxygen atoms in total. The Bertz CT molecular complexity index is 135. The van der Waals surface area contributed by atoms with Crippen LogP contribution < -0.4 is 0 Å². The minimum atomic E-state index is -4.22. The fourth-order valence-corrected chi connectivity index (χ4v) is 0.462. The van der Waals surface area contributed by atoms with E-state index in [0.29, 0.717) is 0 Å². The molecule has 0 atom stereocenters. The topological polar surface area (TPSA) is 63.6 Å². The van der Waals surface area contributed by atoms with Crippen LogP contribution in [-0.2, 0) is 14.6 Å². The Morgan fingerprint density at radius 3 is 2.38 bits per heavy atom. The summed E-state index contributed by atoms with van der Waals surface area (Å²) in [5.74, 6) is 0. The molecule has 0 unspecified atom stereocenters. The Balaban J connectivity index is 3.42. The maximum atomic E-state index is 9.70. The van der Waals surface area contributed by atoms with Gasteiger partial charge in [-0.15, -0.1) is 0 Å². The zero-order chi connectivity index (χ0) is 6.62. The molecule has 0 saturated heterocycles. The van der Waals surface area contributed by atoms with Gasteiger partial charge < -0.3 is 0 Å². The van der Waals surface area contributed by atoms with E-state index in [9.17, 15) is 8.42 Å². The summed E-state index contributed by atoms with van der Waals surface area (Å²) in [4.78, 5) is 0. The van der Waals surface area contributed by atoms with Gasteiger partial charge in [-0.05, 0) is 0 Å². The van der Waals surface area contributed by atoms with E-state index >= 15 is 0 Å². The summed E-state index contributed by atoms with van der Waals surface area (Å²) in [6.07, 6.45) is 1.47. The predicted octanol–water partition coefficient (Wildman–Crippen LogP) is 0.0300. The summed E-state index contributed by atoms with van der Waals surface area (Å²) in [7, 11) is -4.22. The van der Waals surface area contributed by atoms with Gasteiger partial charge in [0.1, 0.15) is 6.42 Å². The molecule has 0 aromatic carbocycles. The summed E-state index contributed by atoms with van der Waals surface area (Å²) >= 11 is 0. The van der Waals surface area contributed by atoms with Crippen LogP contribution in [0.3, 0.4) is 0 Å². The van der Waals surface area contributed by atoms with Gasteiger partial charge >= 0.3 is 10.4 Å². The molecule has 0 heterocycles. The average molecular weight is 139 g/mol. The third-order valence-electron chi connectivity index (χ3n) is 0.384. The molecule has 0 aliphatic carbocycles. The zero-order valence-electron chi connectivity index (χ0n) is 4.36. The van der Waals surface area contributed by atoms with Crippen molar-refractivity contribution in [1.29, 1.82) is 0 Å². The van der Waals surface area contributed by atoms with E-state index in [-0.39, 0.29) is 6.61 Å². The van der Waals surface area contributed by atoms with E-state index in [1.807, 2.05) is 0 Å². The monoisotopic (exact) mass is 139 g/mol. The molecule has 0 radical (unpaired) electrons. The maximum absolute atomic E-state index is 9.70. The lowest BCUT2D eigenvalue weighted by Crippen LogP contribution is -2.03. The SMILES string of the molecule is C[CH+]COS(=O)(=O)O. The number of hydrogen-bond donors (Lipinski definition) is 1. The lowest BCUT2D eigenvalue weighted by molar-refractivity contribution is 0.288. The minimum absolute atomic E-state index is 0.0845. The molecule has 0 aliphatic heterocycles. The highest BCUT2D eigenvalue weighted by Crippen LogP contribution is 1.85. The van der Waals surface area contributed by atoms with Crippen LogP contribution in [0.2, 0.25) is 0 Å². The highest BCUT2D eigenvalue weighted by molar-refractivity contribution is 7.80. The van der Waals surface area contributed by atoms with Crippen molar-refractivity contribution in [3.63, 3.8) is 0 Å².